The van der Waals surface area contributed by atoms with E-state index >= 15 is 0 Å². The van der Waals surface area contributed by atoms with E-state index in [1.165, 1.54) is 0 Å². The topological polar surface area (TPSA) is 91.2 Å². The number of ether oxygens (including phenoxy) is 1. The third-order valence-corrected chi connectivity index (χ3v) is 7.14. The zero-order valence-corrected chi connectivity index (χ0v) is 22.5. The van der Waals surface area contributed by atoms with Crippen LogP contribution in [0.4, 0.5) is 5.69 Å². The summed E-state index contributed by atoms with van der Waals surface area (Å²) in [6, 6.07) is 33.4. The molecule has 1 aliphatic heterocycles. The van der Waals surface area contributed by atoms with Gasteiger partial charge in [0.25, 0.3) is 5.91 Å². The molecule has 0 fully saturated rings. The number of aliphatic hydroxyl groups excluding tert-OH is 1. The normalized spacial score (nSPS) is 14.9. The van der Waals surface area contributed by atoms with E-state index < -0.39 is 11.6 Å². The Morgan fingerprint density at radius 3 is 2.08 bits per heavy atom. The summed E-state index contributed by atoms with van der Waals surface area (Å²) < 4.78 is 5.33. The molecule has 2 N–H and O–H groups in total. The van der Waals surface area contributed by atoms with Gasteiger partial charge in [0.15, 0.2) is 5.54 Å². The van der Waals surface area contributed by atoms with E-state index in [2.05, 4.69) is 5.32 Å². The second-order valence-electron chi connectivity index (χ2n) is 9.69. The average Bonchev–Trinajstić information content (AvgIpc) is 3.24. The third-order valence-electron chi connectivity index (χ3n) is 7.14. The minimum absolute atomic E-state index is 0.0507. The Balaban J connectivity index is 1.30. The van der Waals surface area contributed by atoms with Crippen molar-refractivity contribution in [1.82, 2.24) is 4.90 Å². The maximum atomic E-state index is 14.0. The van der Waals surface area contributed by atoms with Crippen LogP contribution in [0.5, 0.6) is 5.75 Å². The van der Waals surface area contributed by atoms with Crippen molar-refractivity contribution in [3.05, 3.63) is 131 Å². The fourth-order valence-corrected chi connectivity index (χ4v) is 5.10. The van der Waals surface area contributed by atoms with Gasteiger partial charge in [-0.3, -0.25) is 14.5 Å². The van der Waals surface area contributed by atoms with Gasteiger partial charge in [0.1, 0.15) is 11.6 Å². The number of hydrogen-bond acceptors (Lipinski definition) is 5. The molecule has 0 radical (unpaired) electrons. The molecule has 1 unspecified atom stereocenters. The molecular formula is C33H31N3O4. The van der Waals surface area contributed by atoms with E-state index in [4.69, 9.17) is 9.73 Å². The van der Waals surface area contributed by atoms with Crippen LogP contribution in [0.2, 0.25) is 0 Å². The Bertz CT molecular complexity index is 1480. The first-order valence-electron chi connectivity index (χ1n) is 13.1. The molecule has 0 saturated carbocycles. The highest BCUT2D eigenvalue weighted by Gasteiger charge is 2.50. The first-order valence-corrected chi connectivity index (χ1v) is 13.1. The molecule has 0 spiro atoms. The minimum Gasteiger partial charge on any atom is -0.496 e. The minimum atomic E-state index is -1.21. The Morgan fingerprint density at radius 2 is 1.48 bits per heavy atom. The first-order chi connectivity index (χ1) is 19.4. The van der Waals surface area contributed by atoms with Crippen LogP contribution in [0.3, 0.4) is 0 Å². The second-order valence-corrected chi connectivity index (χ2v) is 9.69. The molecular weight excluding hydrogens is 502 g/mol. The van der Waals surface area contributed by atoms with Crippen LogP contribution in [0.25, 0.3) is 0 Å². The number of aliphatic hydroxyl groups is 1. The Labute approximate surface area is 233 Å². The molecule has 2 amide bonds. The van der Waals surface area contributed by atoms with Gasteiger partial charge < -0.3 is 15.2 Å². The van der Waals surface area contributed by atoms with Crippen LogP contribution in [-0.2, 0) is 21.5 Å². The lowest BCUT2D eigenvalue weighted by atomic mass is 9.83. The molecule has 0 bridgehead atoms. The number of anilines is 1. The van der Waals surface area contributed by atoms with Gasteiger partial charge in [-0.1, -0.05) is 91.0 Å². The number of rotatable bonds is 9. The van der Waals surface area contributed by atoms with Crippen LogP contribution in [0, 0.1) is 0 Å². The number of carbonyl (C=O) groups is 2. The predicted molar refractivity (Wildman–Crippen MR) is 155 cm³/mol. The zero-order chi connectivity index (χ0) is 28.1. The SMILES string of the molecule is COc1ccccc1CC(=O)Nc1ccc(C(O)CN2C(=O)C(c3ccccc3)(c3ccccc3)N=C2C)cc1. The van der Waals surface area contributed by atoms with Crippen molar-refractivity contribution in [1.29, 1.82) is 0 Å². The lowest BCUT2D eigenvalue weighted by Gasteiger charge is -2.28. The van der Waals surface area contributed by atoms with E-state index in [9.17, 15) is 14.7 Å². The number of benzene rings is 4. The molecule has 1 atom stereocenters. The molecule has 1 heterocycles. The van der Waals surface area contributed by atoms with Crippen LogP contribution in [0.1, 0.15) is 35.3 Å². The van der Waals surface area contributed by atoms with Crippen LogP contribution >= 0.6 is 0 Å². The highest BCUT2D eigenvalue weighted by atomic mass is 16.5. The van der Waals surface area contributed by atoms with Crippen molar-refractivity contribution in [2.75, 3.05) is 19.0 Å². The van der Waals surface area contributed by atoms with Crippen LogP contribution < -0.4 is 10.1 Å². The molecule has 0 aliphatic carbocycles. The number of para-hydroxylation sites is 1. The van der Waals surface area contributed by atoms with Gasteiger partial charge in [0.05, 0.1) is 26.2 Å². The highest BCUT2D eigenvalue weighted by molar-refractivity contribution is 6.09. The molecule has 5 rings (SSSR count). The summed E-state index contributed by atoms with van der Waals surface area (Å²) in [5.41, 5.74) is 2.37. The van der Waals surface area contributed by atoms with E-state index in [-0.39, 0.29) is 24.8 Å². The number of methoxy groups -OCH3 is 1. The summed E-state index contributed by atoms with van der Waals surface area (Å²) in [4.78, 5) is 33.1. The summed E-state index contributed by atoms with van der Waals surface area (Å²) in [5.74, 6) is 0.819. The molecule has 7 nitrogen and oxygen atoms in total. The van der Waals surface area contributed by atoms with Crippen molar-refractivity contribution in [3.63, 3.8) is 0 Å². The molecule has 40 heavy (non-hydrogen) atoms. The summed E-state index contributed by atoms with van der Waals surface area (Å²) in [7, 11) is 1.58. The standard InChI is InChI=1S/C33H31N3O4/c1-23-35-33(26-12-5-3-6-13-26,27-14-7-4-8-15-27)32(39)36(23)22-29(37)24-17-19-28(20-18-24)34-31(38)21-25-11-9-10-16-30(25)40-2/h3-20,29,37H,21-22H2,1-2H3,(H,34,38). The third kappa shape index (κ3) is 5.24. The fourth-order valence-electron chi connectivity index (χ4n) is 5.10. The zero-order valence-electron chi connectivity index (χ0n) is 22.5. The maximum Gasteiger partial charge on any atom is 0.265 e. The predicted octanol–water partition coefficient (Wildman–Crippen LogP) is 5.11. The number of β-amino-alcohol motifs (C(OH)–C–C–N with tert-alkyl or cyclic N) is 1. The van der Waals surface area contributed by atoms with Crippen LogP contribution in [-0.4, -0.2) is 41.3 Å². The van der Waals surface area contributed by atoms with E-state index in [0.717, 1.165) is 16.7 Å². The van der Waals surface area contributed by atoms with Crippen LogP contribution in [0.15, 0.2) is 114 Å². The largest absolute Gasteiger partial charge is 0.496 e. The number of amidine groups is 1. The first kappa shape index (κ1) is 26.8. The van der Waals surface area contributed by atoms with Gasteiger partial charge in [-0.15, -0.1) is 0 Å². The summed E-state index contributed by atoms with van der Waals surface area (Å²) in [5, 5.41) is 14.0. The van der Waals surface area contributed by atoms with Crippen molar-refractivity contribution in [3.8, 4) is 5.75 Å². The van der Waals surface area contributed by atoms with Gasteiger partial charge in [-0.2, -0.15) is 0 Å². The number of carbonyl (C=O) groups excluding carboxylic acids is 2. The number of nitrogens with one attached hydrogen (secondary N) is 1. The molecule has 1 aliphatic rings. The van der Waals surface area contributed by atoms with Gasteiger partial charge in [0.2, 0.25) is 5.91 Å². The number of nitrogens with zero attached hydrogens (tertiary/aromatic N) is 2. The molecule has 4 aromatic rings. The van der Waals surface area contributed by atoms with Crippen molar-refractivity contribution >= 4 is 23.3 Å². The summed E-state index contributed by atoms with van der Waals surface area (Å²) >= 11 is 0. The van der Waals surface area contributed by atoms with Gasteiger partial charge in [-0.05, 0) is 41.8 Å². The highest BCUT2D eigenvalue weighted by Crippen LogP contribution is 2.40. The Hall–Kier alpha value is -4.75. The quantitative estimate of drug-likeness (QED) is 0.313. The molecule has 4 aromatic carbocycles. The Kier molecular flexibility index (Phi) is 7.75. The number of aliphatic imine (C=N–C) groups is 1. The number of amides is 2. The molecule has 0 saturated heterocycles. The lowest BCUT2D eigenvalue weighted by Crippen LogP contribution is -2.43. The summed E-state index contributed by atoms with van der Waals surface area (Å²) in [6.45, 7) is 1.84. The van der Waals surface area contributed by atoms with E-state index in [1.807, 2.05) is 84.9 Å². The lowest BCUT2D eigenvalue weighted by molar-refractivity contribution is -0.131. The fraction of sp³-hybridized carbons (Fsp3) is 0.182. The molecule has 7 heteroatoms. The Morgan fingerprint density at radius 1 is 0.900 bits per heavy atom. The van der Waals surface area contributed by atoms with Crippen molar-refractivity contribution < 1.29 is 19.4 Å². The van der Waals surface area contributed by atoms with Gasteiger partial charge in [-0.25, -0.2) is 4.99 Å². The van der Waals surface area contributed by atoms with Crippen molar-refractivity contribution in [2.24, 2.45) is 4.99 Å². The summed E-state index contributed by atoms with van der Waals surface area (Å²) in [6.07, 6.45) is -0.774. The average molecular weight is 534 g/mol. The van der Waals surface area contributed by atoms with E-state index in [1.54, 1.807) is 43.2 Å². The second kappa shape index (κ2) is 11.6. The smallest absolute Gasteiger partial charge is 0.265 e. The van der Waals surface area contributed by atoms with Gasteiger partial charge in [0, 0.05) is 11.3 Å². The maximum absolute atomic E-state index is 14.0. The van der Waals surface area contributed by atoms with Crippen molar-refractivity contribution in [2.45, 2.75) is 25.0 Å². The van der Waals surface area contributed by atoms with Gasteiger partial charge >= 0.3 is 0 Å². The molecule has 0 aromatic heterocycles. The van der Waals surface area contributed by atoms with E-state index in [0.29, 0.717) is 22.8 Å². The number of hydrogen-bond donors (Lipinski definition) is 2. The molecule has 202 valence electrons. The monoisotopic (exact) mass is 533 g/mol.